The Morgan fingerprint density at radius 1 is 0.893 bits per heavy atom. The van der Waals surface area contributed by atoms with Crippen LogP contribution in [0.5, 0.6) is 11.5 Å². The van der Waals surface area contributed by atoms with Crippen molar-refractivity contribution in [3.05, 3.63) is 75.8 Å². The summed E-state index contributed by atoms with van der Waals surface area (Å²) in [5, 5.41) is 6.61. The van der Waals surface area contributed by atoms with Gasteiger partial charge in [-0.15, -0.1) is 0 Å². The first kappa shape index (κ1) is 39.8. The number of carbonyl (C=O) groups excluding carboxylic acids is 4. The fourth-order valence-electron chi connectivity index (χ4n) is 6.96. The summed E-state index contributed by atoms with van der Waals surface area (Å²) < 4.78 is 24.7. The molecule has 4 heterocycles. The molecule has 0 radical (unpaired) electrons. The average Bonchev–Trinajstić information content (AvgIpc) is 3.44. The van der Waals surface area contributed by atoms with Crippen molar-refractivity contribution in [1.82, 2.24) is 24.7 Å². The first-order valence-corrected chi connectivity index (χ1v) is 18.3. The molecule has 1 fully saturated rings. The van der Waals surface area contributed by atoms with E-state index in [9.17, 15) is 24.0 Å². The molecule has 16 nitrogen and oxygen atoms in total. The van der Waals surface area contributed by atoms with Crippen LogP contribution in [0.15, 0.2) is 53.6 Å². The number of fused-ring (bicyclic) bond motifs is 2. The number of aromatic nitrogens is 2. The smallest absolute Gasteiger partial charge is 0.264 e. The second-order valence-electron chi connectivity index (χ2n) is 13.9. The van der Waals surface area contributed by atoms with E-state index in [1.807, 2.05) is 55.3 Å². The Morgan fingerprint density at radius 2 is 1.61 bits per heavy atom. The molecule has 4 amide bonds. The van der Waals surface area contributed by atoms with Crippen LogP contribution in [0.2, 0.25) is 0 Å². The van der Waals surface area contributed by atoms with Gasteiger partial charge in [-0.3, -0.25) is 34.2 Å². The van der Waals surface area contributed by atoms with Crippen molar-refractivity contribution in [2.45, 2.75) is 25.4 Å². The van der Waals surface area contributed by atoms with Gasteiger partial charge in [-0.25, -0.2) is 4.98 Å². The fourth-order valence-corrected chi connectivity index (χ4v) is 6.96. The highest BCUT2D eigenvalue weighted by molar-refractivity contribution is 6.25. The molecule has 0 saturated carbocycles. The van der Waals surface area contributed by atoms with Crippen LogP contribution in [0, 0.1) is 0 Å². The van der Waals surface area contributed by atoms with Gasteiger partial charge >= 0.3 is 0 Å². The Hall–Kier alpha value is -5.84. The molecule has 56 heavy (non-hydrogen) atoms. The Bertz CT molecular complexity index is 2200. The number of benzene rings is 2. The number of pyridine rings is 2. The lowest BCUT2D eigenvalue weighted by molar-refractivity contribution is -0.136. The molecule has 1 atom stereocenters. The van der Waals surface area contributed by atoms with Gasteiger partial charge in [0.15, 0.2) is 0 Å². The number of rotatable bonds is 17. The van der Waals surface area contributed by atoms with Crippen LogP contribution < -0.4 is 30.6 Å². The molecule has 2 aliphatic heterocycles. The van der Waals surface area contributed by atoms with Crippen LogP contribution in [0.1, 0.15) is 39.1 Å². The van der Waals surface area contributed by atoms with E-state index >= 15 is 0 Å². The Labute approximate surface area is 324 Å². The highest BCUT2D eigenvalue weighted by atomic mass is 16.5. The van der Waals surface area contributed by atoms with E-state index in [4.69, 9.17) is 18.9 Å². The zero-order valence-electron chi connectivity index (χ0n) is 32.5. The maximum Gasteiger partial charge on any atom is 0.264 e. The number of piperidine rings is 1. The fraction of sp³-hybridized carbons (Fsp3) is 0.400. The third-order valence-electron chi connectivity index (χ3n) is 9.81. The maximum absolute atomic E-state index is 13.3. The highest BCUT2D eigenvalue weighted by Gasteiger charge is 2.45. The molecule has 4 aromatic rings. The van der Waals surface area contributed by atoms with Crippen molar-refractivity contribution >= 4 is 45.9 Å². The molecule has 2 N–H and O–H groups in total. The van der Waals surface area contributed by atoms with Gasteiger partial charge in [0.05, 0.1) is 62.7 Å². The minimum atomic E-state index is -1.03. The maximum atomic E-state index is 13.3. The number of hydrogen-bond acceptors (Lipinski definition) is 13. The molecule has 0 aliphatic carbocycles. The number of methoxy groups -OCH3 is 2. The second-order valence-corrected chi connectivity index (χ2v) is 13.9. The summed E-state index contributed by atoms with van der Waals surface area (Å²) in [6.07, 6.45) is 3.57. The summed E-state index contributed by atoms with van der Waals surface area (Å²) in [5.74, 6) is -0.155. The zero-order valence-corrected chi connectivity index (χ0v) is 32.5. The summed E-state index contributed by atoms with van der Waals surface area (Å²) in [5.41, 5.74) is 3.32. The number of aryl methyl sites for hydroxylation is 1. The van der Waals surface area contributed by atoms with Crippen LogP contribution in [0.4, 0.5) is 11.5 Å². The third-order valence-corrected chi connectivity index (χ3v) is 9.81. The lowest BCUT2D eigenvalue weighted by Gasteiger charge is -2.27. The van der Waals surface area contributed by atoms with Gasteiger partial charge in [0.25, 0.3) is 17.4 Å². The third kappa shape index (κ3) is 8.22. The van der Waals surface area contributed by atoms with Gasteiger partial charge < -0.3 is 38.6 Å². The lowest BCUT2D eigenvalue weighted by atomic mass is 9.98. The number of hydrogen-bond donors (Lipinski definition) is 2. The number of likely N-dealkylation sites (N-methyl/N-ethyl adjacent to an activating group) is 1. The quantitative estimate of drug-likeness (QED) is 0.119. The van der Waals surface area contributed by atoms with Crippen molar-refractivity contribution in [2.75, 3.05) is 85.1 Å². The van der Waals surface area contributed by atoms with E-state index in [0.717, 1.165) is 27.0 Å². The largest absolute Gasteiger partial charge is 0.496 e. The predicted octanol–water partition coefficient (Wildman–Crippen LogP) is 2.66. The van der Waals surface area contributed by atoms with Crippen molar-refractivity contribution in [1.29, 1.82) is 0 Å². The number of carbonyl (C=O) groups is 4. The highest BCUT2D eigenvalue weighted by Crippen LogP contribution is 2.38. The van der Waals surface area contributed by atoms with Crippen LogP contribution in [-0.2, 0) is 32.7 Å². The van der Waals surface area contributed by atoms with E-state index < -0.39 is 29.7 Å². The predicted molar refractivity (Wildman–Crippen MR) is 209 cm³/mol. The zero-order chi connectivity index (χ0) is 40.1. The SMILES string of the molecule is COc1cc(-c2cn(C)c(=O)c3cnc(N(C)CCOCCOCCNc4cccc5c4C(=O)N(C4CCC(=O)NC4=O)C5=O)cc23)cc(OC)c1CN(C)C. The van der Waals surface area contributed by atoms with E-state index in [1.165, 1.54) is 0 Å². The summed E-state index contributed by atoms with van der Waals surface area (Å²) in [6, 6.07) is 9.72. The van der Waals surface area contributed by atoms with Gasteiger partial charge in [0.2, 0.25) is 11.8 Å². The van der Waals surface area contributed by atoms with Crippen molar-refractivity contribution < 1.29 is 38.1 Å². The molecule has 16 heteroatoms. The molecule has 2 aromatic heterocycles. The van der Waals surface area contributed by atoms with Crippen molar-refractivity contribution in [3.8, 4) is 22.6 Å². The summed E-state index contributed by atoms with van der Waals surface area (Å²) in [4.78, 5) is 73.0. The molecule has 1 saturated heterocycles. The van der Waals surface area contributed by atoms with E-state index in [-0.39, 0.29) is 29.5 Å². The molecule has 0 bridgehead atoms. The first-order chi connectivity index (χ1) is 26.9. The average molecular weight is 770 g/mol. The monoisotopic (exact) mass is 769 g/mol. The topological polar surface area (TPSA) is 174 Å². The summed E-state index contributed by atoms with van der Waals surface area (Å²) >= 11 is 0. The molecule has 2 aromatic carbocycles. The number of amides is 4. The molecule has 1 unspecified atom stereocenters. The number of imide groups is 2. The molecule has 0 spiro atoms. The van der Waals surface area contributed by atoms with Crippen molar-refractivity contribution in [3.63, 3.8) is 0 Å². The number of anilines is 2. The molecular formula is C40H47N7O9. The van der Waals surface area contributed by atoms with Gasteiger partial charge in [0, 0.05) is 69.2 Å². The minimum Gasteiger partial charge on any atom is -0.496 e. The normalized spacial score (nSPS) is 15.4. The van der Waals surface area contributed by atoms with Gasteiger partial charge in [-0.2, -0.15) is 0 Å². The standard InChI is InChI=1S/C40H47N7O9/c1-44(2)22-29-32(53-5)18-24(19-33(29)54-6)28-23-46(4)38(50)27-21-42-34(20-26(27)28)45(3)13-15-56-17-16-55-14-12-41-30-9-7-8-25-36(30)40(52)47(39(25)51)31-10-11-35(48)43-37(31)49/h7-9,18-21,23,31,41H,10-17,22H2,1-6H3,(H,43,48,49). The summed E-state index contributed by atoms with van der Waals surface area (Å²) in [6.45, 7) is 2.91. The lowest BCUT2D eigenvalue weighted by Crippen LogP contribution is -2.54. The van der Waals surface area contributed by atoms with Crippen LogP contribution in [0.3, 0.4) is 0 Å². The van der Waals surface area contributed by atoms with Crippen LogP contribution in [-0.4, -0.2) is 124 Å². The summed E-state index contributed by atoms with van der Waals surface area (Å²) in [7, 11) is 10.9. The molecular weight excluding hydrogens is 722 g/mol. The van der Waals surface area contributed by atoms with Crippen LogP contribution in [0.25, 0.3) is 21.9 Å². The molecule has 296 valence electrons. The first-order valence-electron chi connectivity index (χ1n) is 18.3. The number of nitrogens with zero attached hydrogens (tertiary/aromatic N) is 5. The number of ether oxygens (including phenoxy) is 4. The van der Waals surface area contributed by atoms with Gasteiger partial charge in [0.1, 0.15) is 23.4 Å². The number of nitrogens with one attached hydrogen (secondary N) is 2. The Morgan fingerprint density at radius 3 is 2.29 bits per heavy atom. The Kier molecular flexibility index (Phi) is 12.3. The minimum absolute atomic E-state index is 0.0550. The van der Waals surface area contributed by atoms with E-state index in [1.54, 1.807) is 50.2 Å². The Balaban J connectivity index is 1.01. The van der Waals surface area contributed by atoms with E-state index in [0.29, 0.717) is 74.5 Å². The van der Waals surface area contributed by atoms with E-state index in [2.05, 4.69) is 15.6 Å². The van der Waals surface area contributed by atoms with Crippen LogP contribution >= 0.6 is 0 Å². The second kappa shape index (κ2) is 17.3. The van der Waals surface area contributed by atoms with Gasteiger partial charge in [-0.05, 0) is 56.4 Å². The van der Waals surface area contributed by atoms with Crippen molar-refractivity contribution in [2.24, 2.45) is 7.05 Å². The molecule has 2 aliphatic rings. The molecule has 6 rings (SSSR count). The van der Waals surface area contributed by atoms with Gasteiger partial charge in [-0.1, -0.05) is 6.07 Å².